The summed E-state index contributed by atoms with van der Waals surface area (Å²) in [5, 5.41) is 2.73. The fourth-order valence-electron chi connectivity index (χ4n) is 4.51. The van der Waals surface area contributed by atoms with Crippen LogP contribution in [0.1, 0.15) is 71.8 Å². The Morgan fingerprint density at radius 3 is 2.60 bits per heavy atom. The molecule has 184 valence electrons. The first-order valence-corrected chi connectivity index (χ1v) is 12.3. The van der Waals surface area contributed by atoms with E-state index in [1.54, 1.807) is 12.1 Å². The number of carbonyl (C=O) groups is 2. The van der Waals surface area contributed by atoms with Gasteiger partial charge in [-0.15, -0.1) is 0 Å². The van der Waals surface area contributed by atoms with E-state index in [0.717, 1.165) is 17.5 Å². The first kappa shape index (κ1) is 24.6. The standard InChI is InChI=1S/C29H34N2O4/c1-5-30-29(33)26-13-12-24(35-26)18-34-23-11-10-21-14-15-31(27(32)16-19(2)3)28(25(21)17-23)22-8-6-20(4)7-9-22/h6-13,17,19,28H,5,14-16,18H2,1-4H3,(H,30,33)/t28-/m0/s1. The number of nitrogens with one attached hydrogen (secondary N) is 1. The molecular weight excluding hydrogens is 440 g/mol. The van der Waals surface area contributed by atoms with Gasteiger partial charge in [0.25, 0.3) is 5.91 Å². The minimum atomic E-state index is -0.236. The smallest absolute Gasteiger partial charge is 0.286 e. The van der Waals surface area contributed by atoms with Gasteiger partial charge in [0.15, 0.2) is 5.76 Å². The van der Waals surface area contributed by atoms with E-state index in [1.807, 2.05) is 24.0 Å². The number of benzene rings is 2. The molecule has 1 aromatic heterocycles. The maximum atomic E-state index is 13.2. The molecule has 0 fully saturated rings. The number of rotatable bonds is 8. The van der Waals surface area contributed by atoms with Crippen molar-refractivity contribution in [2.45, 2.75) is 53.2 Å². The van der Waals surface area contributed by atoms with E-state index in [2.05, 4.69) is 56.4 Å². The van der Waals surface area contributed by atoms with E-state index in [-0.39, 0.29) is 30.2 Å². The monoisotopic (exact) mass is 474 g/mol. The summed E-state index contributed by atoms with van der Waals surface area (Å²) in [6.07, 6.45) is 1.34. The third kappa shape index (κ3) is 5.76. The number of fused-ring (bicyclic) bond motifs is 1. The fraction of sp³-hybridized carbons (Fsp3) is 0.379. The number of hydrogen-bond acceptors (Lipinski definition) is 4. The SMILES string of the molecule is CCNC(=O)c1ccc(COc2ccc3c(c2)[C@H](c2ccc(C)cc2)N(C(=O)CC(C)C)CC3)o1. The normalized spacial score (nSPS) is 15.1. The van der Waals surface area contributed by atoms with Crippen molar-refractivity contribution >= 4 is 11.8 Å². The highest BCUT2D eigenvalue weighted by Crippen LogP contribution is 2.38. The topological polar surface area (TPSA) is 71.8 Å². The third-order valence-electron chi connectivity index (χ3n) is 6.25. The van der Waals surface area contributed by atoms with Crippen LogP contribution in [-0.2, 0) is 17.8 Å². The molecule has 1 N–H and O–H groups in total. The van der Waals surface area contributed by atoms with Crippen molar-refractivity contribution in [3.05, 3.63) is 88.4 Å². The molecule has 0 unspecified atom stereocenters. The van der Waals surface area contributed by atoms with E-state index in [9.17, 15) is 9.59 Å². The molecule has 6 nitrogen and oxygen atoms in total. The fourth-order valence-corrected chi connectivity index (χ4v) is 4.51. The second kappa shape index (κ2) is 10.8. The van der Waals surface area contributed by atoms with Crippen LogP contribution in [0.25, 0.3) is 0 Å². The molecule has 35 heavy (non-hydrogen) atoms. The largest absolute Gasteiger partial charge is 0.486 e. The van der Waals surface area contributed by atoms with E-state index in [0.29, 0.717) is 36.9 Å². The van der Waals surface area contributed by atoms with Gasteiger partial charge < -0.3 is 19.4 Å². The van der Waals surface area contributed by atoms with Gasteiger partial charge in [-0.05, 0) is 67.1 Å². The van der Waals surface area contributed by atoms with Crippen molar-refractivity contribution in [2.75, 3.05) is 13.1 Å². The van der Waals surface area contributed by atoms with Crippen molar-refractivity contribution in [1.29, 1.82) is 0 Å². The number of hydrogen-bond donors (Lipinski definition) is 1. The van der Waals surface area contributed by atoms with Crippen LogP contribution in [0.2, 0.25) is 0 Å². The van der Waals surface area contributed by atoms with Crippen LogP contribution in [0.3, 0.4) is 0 Å². The molecule has 3 aromatic rings. The van der Waals surface area contributed by atoms with Crippen molar-refractivity contribution in [3.8, 4) is 5.75 Å². The lowest BCUT2D eigenvalue weighted by Gasteiger charge is -2.38. The Kier molecular flexibility index (Phi) is 7.59. The maximum absolute atomic E-state index is 13.2. The van der Waals surface area contributed by atoms with Gasteiger partial charge in [-0.3, -0.25) is 9.59 Å². The molecule has 1 atom stereocenters. The van der Waals surface area contributed by atoms with Crippen molar-refractivity contribution in [2.24, 2.45) is 5.92 Å². The van der Waals surface area contributed by atoms with Crippen molar-refractivity contribution in [1.82, 2.24) is 10.2 Å². The minimum Gasteiger partial charge on any atom is -0.486 e. The summed E-state index contributed by atoms with van der Waals surface area (Å²) in [4.78, 5) is 27.2. The van der Waals surface area contributed by atoms with Crippen LogP contribution in [0.15, 0.2) is 59.0 Å². The summed E-state index contributed by atoms with van der Waals surface area (Å²) in [5.74, 6) is 1.79. The molecular formula is C29H34N2O4. The van der Waals surface area contributed by atoms with Gasteiger partial charge in [0.05, 0.1) is 6.04 Å². The number of aryl methyl sites for hydroxylation is 1. The van der Waals surface area contributed by atoms with E-state index in [1.165, 1.54) is 11.1 Å². The Labute approximate surface area is 207 Å². The molecule has 0 aliphatic carbocycles. The molecule has 0 bridgehead atoms. The van der Waals surface area contributed by atoms with Crippen LogP contribution in [0.5, 0.6) is 5.75 Å². The average Bonchev–Trinajstić information content (AvgIpc) is 3.31. The van der Waals surface area contributed by atoms with Crippen LogP contribution < -0.4 is 10.1 Å². The zero-order chi connectivity index (χ0) is 24.9. The Hall–Kier alpha value is -3.54. The Morgan fingerprint density at radius 2 is 1.89 bits per heavy atom. The number of furan rings is 1. The van der Waals surface area contributed by atoms with E-state index >= 15 is 0 Å². The molecule has 4 rings (SSSR count). The quantitative estimate of drug-likeness (QED) is 0.472. The van der Waals surface area contributed by atoms with Crippen LogP contribution >= 0.6 is 0 Å². The molecule has 2 amide bonds. The lowest BCUT2D eigenvalue weighted by atomic mass is 9.87. The Morgan fingerprint density at radius 1 is 1.11 bits per heavy atom. The summed E-state index contributed by atoms with van der Waals surface area (Å²) < 4.78 is 11.7. The molecule has 6 heteroatoms. The van der Waals surface area contributed by atoms with Gasteiger partial charge in [0.2, 0.25) is 5.91 Å². The first-order chi connectivity index (χ1) is 16.9. The molecule has 0 spiro atoms. The third-order valence-corrected chi connectivity index (χ3v) is 6.25. The molecule has 2 heterocycles. The molecule has 0 saturated heterocycles. The summed E-state index contributed by atoms with van der Waals surface area (Å²) >= 11 is 0. The van der Waals surface area contributed by atoms with E-state index < -0.39 is 0 Å². The van der Waals surface area contributed by atoms with Gasteiger partial charge in [-0.2, -0.15) is 0 Å². The summed E-state index contributed by atoms with van der Waals surface area (Å²) in [6, 6.07) is 17.8. The van der Waals surface area contributed by atoms with Crippen LogP contribution in [0.4, 0.5) is 0 Å². The lowest BCUT2D eigenvalue weighted by molar-refractivity contribution is -0.134. The Bertz CT molecular complexity index is 1180. The number of nitrogens with zero attached hydrogens (tertiary/aromatic N) is 1. The highest BCUT2D eigenvalue weighted by molar-refractivity contribution is 5.91. The summed E-state index contributed by atoms with van der Waals surface area (Å²) in [6.45, 7) is 9.54. The van der Waals surface area contributed by atoms with Crippen molar-refractivity contribution < 1.29 is 18.7 Å². The van der Waals surface area contributed by atoms with Gasteiger partial charge in [0, 0.05) is 19.5 Å². The predicted octanol–water partition coefficient (Wildman–Crippen LogP) is 5.44. The summed E-state index contributed by atoms with van der Waals surface area (Å²) in [5.41, 5.74) is 4.61. The molecule has 0 saturated carbocycles. The van der Waals surface area contributed by atoms with Gasteiger partial charge in [0.1, 0.15) is 18.1 Å². The van der Waals surface area contributed by atoms with Gasteiger partial charge in [-0.1, -0.05) is 49.7 Å². The first-order valence-electron chi connectivity index (χ1n) is 12.3. The molecule has 0 radical (unpaired) electrons. The predicted molar refractivity (Wildman–Crippen MR) is 135 cm³/mol. The van der Waals surface area contributed by atoms with Gasteiger partial charge in [-0.25, -0.2) is 0 Å². The average molecular weight is 475 g/mol. The number of ether oxygens (including phenoxy) is 1. The molecule has 1 aliphatic rings. The van der Waals surface area contributed by atoms with Crippen LogP contribution in [0, 0.1) is 12.8 Å². The minimum absolute atomic E-state index is 0.151. The lowest BCUT2D eigenvalue weighted by Crippen LogP contribution is -2.41. The van der Waals surface area contributed by atoms with Crippen molar-refractivity contribution in [3.63, 3.8) is 0 Å². The second-order valence-electron chi connectivity index (χ2n) is 9.52. The highest BCUT2D eigenvalue weighted by atomic mass is 16.5. The van der Waals surface area contributed by atoms with E-state index in [4.69, 9.17) is 9.15 Å². The zero-order valence-electron chi connectivity index (χ0n) is 21.0. The highest BCUT2D eigenvalue weighted by Gasteiger charge is 2.32. The zero-order valence-corrected chi connectivity index (χ0v) is 21.0. The summed E-state index contributed by atoms with van der Waals surface area (Å²) in [7, 11) is 0. The Balaban J connectivity index is 1.59. The number of carbonyl (C=O) groups excluding carboxylic acids is 2. The maximum Gasteiger partial charge on any atom is 0.286 e. The number of amides is 2. The second-order valence-corrected chi connectivity index (χ2v) is 9.52. The molecule has 2 aromatic carbocycles. The molecule has 1 aliphatic heterocycles. The van der Waals surface area contributed by atoms with Crippen LogP contribution in [-0.4, -0.2) is 29.8 Å². The van der Waals surface area contributed by atoms with Gasteiger partial charge >= 0.3 is 0 Å².